The van der Waals surface area contributed by atoms with E-state index in [2.05, 4.69) is 5.32 Å². The monoisotopic (exact) mass is 235 g/mol. The van der Waals surface area contributed by atoms with Crippen LogP contribution in [0, 0.1) is 0 Å². The molecule has 0 saturated carbocycles. The molecular formula is C13H17NO3. The fraction of sp³-hybridized carbons (Fsp3) is 0.462. The third-order valence-electron chi connectivity index (χ3n) is 2.80. The van der Waals surface area contributed by atoms with Crippen LogP contribution in [0.25, 0.3) is 0 Å². The van der Waals surface area contributed by atoms with Gasteiger partial charge in [0.15, 0.2) is 5.78 Å². The zero-order valence-corrected chi connectivity index (χ0v) is 9.94. The average molecular weight is 235 g/mol. The molecule has 4 heteroatoms. The standard InChI is InChI=1S/C13H17NO3/c1-16-7-6-14-10-8-12(15)11-4-2-3-5-13(11)17-9-10/h2-5,10,14H,6-9H2,1H3. The lowest BCUT2D eigenvalue weighted by Crippen LogP contribution is -2.37. The molecule has 92 valence electrons. The minimum Gasteiger partial charge on any atom is -0.491 e. The van der Waals surface area contributed by atoms with Gasteiger partial charge in [0.05, 0.1) is 12.2 Å². The first-order valence-electron chi connectivity index (χ1n) is 5.78. The van der Waals surface area contributed by atoms with Crippen LogP contribution in [0.15, 0.2) is 24.3 Å². The molecule has 2 rings (SSSR count). The summed E-state index contributed by atoms with van der Waals surface area (Å²) < 4.78 is 10.6. The van der Waals surface area contributed by atoms with E-state index in [-0.39, 0.29) is 11.8 Å². The summed E-state index contributed by atoms with van der Waals surface area (Å²) in [7, 11) is 1.66. The van der Waals surface area contributed by atoms with E-state index in [0.717, 1.165) is 6.54 Å². The van der Waals surface area contributed by atoms with Crippen molar-refractivity contribution >= 4 is 5.78 Å². The van der Waals surface area contributed by atoms with Crippen molar-refractivity contribution in [2.24, 2.45) is 0 Å². The Morgan fingerprint density at radius 1 is 1.47 bits per heavy atom. The van der Waals surface area contributed by atoms with Crippen molar-refractivity contribution in [2.45, 2.75) is 12.5 Å². The Labute approximate surface area is 101 Å². The first-order chi connectivity index (χ1) is 8.31. The SMILES string of the molecule is COCCNC1COc2ccccc2C(=O)C1. The number of Topliss-reactive ketones (excluding diaryl/α,β-unsaturated/α-hetero) is 1. The topological polar surface area (TPSA) is 47.6 Å². The highest BCUT2D eigenvalue weighted by atomic mass is 16.5. The molecule has 1 heterocycles. The number of hydrogen-bond acceptors (Lipinski definition) is 4. The summed E-state index contributed by atoms with van der Waals surface area (Å²) in [6.07, 6.45) is 0.473. The number of carbonyl (C=O) groups excluding carboxylic acids is 1. The Morgan fingerprint density at radius 3 is 3.12 bits per heavy atom. The van der Waals surface area contributed by atoms with E-state index in [1.807, 2.05) is 24.3 Å². The first-order valence-corrected chi connectivity index (χ1v) is 5.78. The molecule has 1 aromatic carbocycles. The van der Waals surface area contributed by atoms with Crippen LogP contribution in [0.1, 0.15) is 16.8 Å². The molecule has 1 aliphatic rings. The summed E-state index contributed by atoms with van der Waals surface area (Å²) in [5.74, 6) is 0.821. The van der Waals surface area contributed by atoms with E-state index < -0.39 is 0 Å². The number of benzene rings is 1. The van der Waals surface area contributed by atoms with Crippen LogP contribution in [0.5, 0.6) is 5.75 Å². The molecule has 0 bridgehead atoms. The van der Waals surface area contributed by atoms with Gasteiger partial charge in [-0.25, -0.2) is 0 Å². The fourth-order valence-corrected chi connectivity index (χ4v) is 1.90. The van der Waals surface area contributed by atoms with Crippen LogP contribution >= 0.6 is 0 Å². The van der Waals surface area contributed by atoms with Gasteiger partial charge < -0.3 is 14.8 Å². The highest BCUT2D eigenvalue weighted by Gasteiger charge is 2.22. The van der Waals surface area contributed by atoms with Crippen LogP contribution in [0.3, 0.4) is 0 Å². The molecule has 0 aliphatic carbocycles. The number of nitrogens with one attached hydrogen (secondary N) is 1. The van der Waals surface area contributed by atoms with Gasteiger partial charge in [0.1, 0.15) is 12.4 Å². The Morgan fingerprint density at radius 2 is 2.29 bits per heavy atom. The van der Waals surface area contributed by atoms with Crippen LogP contribution in [0.4, 0.5) is 0 Å². The number of para-hydroxylation sites is 1. The summed E-state index contributed by atoms with van der Waals surface area (Å²) in [4.78, 5) is 12.0. The van der Waals surface area contributed by atoms with Gasteiger partial charge in [-0.1, -0.05) is 12.1 Å². The summed E-state index contributed by atoms with van der Waals surface area (Å²) in [6.45, 7) is 1.89. The minimum absolute atomic E-state index is 0.0602. The molecule has 1 N–H and O–H groups in total. The van der Waals surface area contributed by atoms with Gasteiger partial charge in [0.2, 0.25) is 0 Å². The van der Waals surface area contributed by atoms with Gasteiger partial charge in [0.25, 0.3) is 0 Å². The highest BCUT2D eigenvalue weighted by molar-refractivity contribution is 5.99. The molecule has 1 aromatic rings. The second kappa shape index (κ2) is 5.80. The van der Waals surface area contributed by atoms with Gasteiger partial charge in [-0.15, -0.1) is 0 Å². The van der Waals surface area contributed by atoms with Crippen molar-refractivity contribution in [1.82, 2.24) is 5.32 Å². The highest BCUT2D eigenvalue weighted by Crippen LogP contribution is 2.23. The quantitative estimate of drug-likeness (QED) is 0.798. The Hall–Kier alpha value is -1.39. The second-order valence-electron chi connectivity index (χ2n) is 4.08. The number of ketones is 1. The molecule has 0 amide bonds. The molecule has 0 spiro atoms. The molecule has 0 saturated heterocycles. The van der Waals surface area contributed by atoms with E-state index in [1.165, 1.54) is 0 Å². The molecule has 17 heavy (non-hydrogen) atoms. The molecule has 1 atom stereocenters. The van der Waals surface area contributed by atoms with Gasteiger partial charge in [-0.05, 0) is 12.1 Å². The molecule has 0 aromatic heterocycles. The lowest BCUT2D eigenvalue weighted by molar-refractivity contribution is 0.0968. The van der Waals surface area contributed by atoms with Crippen molar-refractivity contribution in [3.8, 4) is 5.75 Å². The van der Waals surface area contributed by atoms with Crippen molar-refractivity contribution < 1.29 is 14.3 Å². The van der Waals surface area contributed by atoms with Crippen LogP contribution < -0.4 is 10.1 Å². The molecule has 4 nitrogen and oxygen atoms in total. The molecular weight excluding hydrogens is 218 g/mol. The normalized spacial score (nSPS) is 19.4. The zero-order chi connectivity index (χ0) is 12.1. The van der Waals surface area contributed by atoms with Crippen molar-refractivity contribution in [1.29, 1.82) is 0 Å². The predicted octanol–water partition coefficient (Wildman–Crippen LogP) is 1.26. The Balaban J connectivity index is 2.00. The maximum Gasteiger partial charge on any atom is 0.168 e. The third kappa shape index (κ3) is 3.05. The predicted molar refractivity (Wildman–Crippen MR) is 64.6 cm³/mol. The minimum atomic E-state index is 0.0602. The van der Waals surface area contributed by atoms with E-state index in [9.17, 15) is 4.79 Å². The van der Waals surface area contributed by atoms with Gasteiger partial charge >= 0.3 is 0 Å². The van der Waals surface area contributed by atoms with Gasteiger partial charge in [0, 0.05) is 26.1 Å². The molecule has 1 aliphatic heterocycles. The lowest BCUT2D eigenvalue weighted by Gasteiger charge is -2.14. The first kappa shape index (κ1) is 12.1. The van der Waals surface area contributed by atoms with Crippen LogP contribution in [-0.2, 0) is 4.74 Å². The number of hydrogen-bond donors (Lipinski definition) is 1. The number of methoxy groups -OCH3 is 1. The van der Waals surface area contributed by atoms with Crippen LogP contribution in [0.2, 0.25) is 0 Å². The summed E-state index contributed by atoms with van der Waals surface area (Å²) >= 11 is 0. The maximum atomic E-state index is 12.0. The van der Waals surface area contributed by atoms with Crippen LogP contribution in [-0.4, -0.2) is 38.7 Å². The third-order valence-corrected chi connectivity index (χ3v) is 2.80. The smallest absolute Gasteiger partial charge is 0.168 e. The summed E-state index contributed by atoms with van der Waals surface area (Å²) in [6, 6.07) is 7.45. The van der Waals surface area contributed by atoms with Gasteiger partial charge in [-0.2, -0.15) is 0 Å². The number of fused-ring (bicyclic) bond motifs is 1. The van der Waals surface area contributed by atoms with E-state index in [1.54, 1.807) is 7.11 Å². The molecule has 0 fully saturated rings. The summed E-state index contributed by atoms with van der Waals surface area (Å²) in [5, 5.41) is 3.26. The maximum absolute atomic E-state index is 12.0. The van der Waals surface area contributed by atoms with Gasteiger partial charge in [-0.3, -0.25) is 4.79 Å². The van der Waals surface area contributed by atoms with Crippen molar-refractivity contribution in [3.05, 3.63) is 29.8 Å². The van der Waals surface area contributed by atoms with E-state index in [0.29, 0.717) is 30.9 Å². The Kier molecular flexibility index (Phi) is 4.12. The fourth-order valence-electron chi connectivity index (χ4n) is 1.90. The Bertz CT molecular complexity index is 392. The number of rotatable bonds is 4. The second-order valence-corrected chi connectivity index (χ2v) is 4.08. The summed E-state index contributed by atoms with van der Waals surface area (Å²) in [5.41, 5.74) is 0.684. The van der Waals surface area contributed by atoms with Crippen molar-refractivity contribution in [2.75, 3.05) is 26.9 Å². The van der Waals surface area contributed by atoms with E-state index in [4.69, 9.17) is 9.47 Å². The zero-order valence-electron chi connectivity index (χ0n) is 9.94. The average Bonchev–Trinajstić information content (AvgIpc) is 2.50. The molecule has 0 radical (unpaired) electrons. The lowest BCUT2D eigenvalue weighted by atomic mass is 10.0. The van der Waals surface area contributed by atoms with E-state index >= 15 is 0 Å². The number of carbonyl (C=O) groups is 1. The molecule has 1 unspecified atom stereocenters. The largest absolute Gasteiger partial charge is 0.491 e. The van der Waals surface area contributed by atoms with Crippen molar-refractivity contribution in [3.63, 3.8) is 0 Å². The number of ether oxygens (including phenoxy) is 2.